The van der Waals surface area contributed by atoms with Crippen LogP contribution in [0.5, 0.6) is 0 Å². The Kier molecular flexibility index (Phi) is 5.47. The van der Waals surface area contributed by atoms with Gasteiger partial charge in [0.25, 0.3) is 0 Å². The van der Waals surface area contributed by atoms with Crippen LogP contribution in [0.1, 0.15) is 0 Å². The largest absolute Gasteiger partial charge is 0.135 e. The molecule has 1 heteroatoms. The molecule has 1 heterocycles. The Labute approximate surface area is 254 Å². The van der Waals surface area contributed by atoms with Crippen molar-refractivity contribution in [2.75, 3.05) is 0 Å². The summed E-state index contributed by atoms with van der Waals surface area (Å²) in [6.07, 6.45) is 0. The van der Waals surface area contributed by atoms with Crippen LogP contribution in [-0.2, 0) is 0 Å². The van der Waals surface area contributed by atoms with E-state index in [1.807, 2.05) is 11.3 Å². The van der Waals surface area contributed by atoms with Crippen LogP contribution in [-0.4, -0.2) is 0 Å². The molecule has 1 aromatic heterocycles. The lowest BCUT2D eigenvalue weighted by Gasteiger charge is -2.18. The molecule has 0 bridgehead atoms. The van der Waals surface area contributed by atoms with Crippen LogP contribution < -0.4 is 0 Å². The molecule has 200 valence electrons. The van der Waals surface area contributed by atoms with Crippen molar-refractivity contribution in [3.05, 3.63) is 158 Å². The molecule has 43 heavy (non-hydrogen) atoms. The molecule has 0 amide bonds. The van der Waals surface area contributed by atoms with E-state index in [1.165, 1.54) is 85.9 Å². The van der Waals surface area contributed by atoms with Crippen molar-refractivity contribution in [2.24, 2.45) is 0 Å². The highest BCUT2D eigenvalue weighted by atomic mass is 32.1. The highest BCUT2D eigenvalue weighted by Crippen LogP contribution is 2.45. The van der Waals surface area contributed by atoms with E-state index in [2.05, 4.69) is 158 Å². The van der Waals surface area contributed by atoms with Crippen molar-refractivity contribution >= 4 is 63.8 Å². The summed E-state index contributed by atoms with van der Waals surface area (Å²) < 4.78 is 2.71. The van der Waals surface area contributed by atoms with Crippen LogP contribution in [0.15, 0.2) is 158 Å². The maximum Gasteiger partial charge on any atom is 0.0434 e. The number of benzene rings is 8. The van der Waals surface area contributed by atoms with Gasteiger partial charge in [-0.15, -0.1) is 11.3 Å². The fourth-order valence-electron chi connectivity index (χ4n) is 6.96. The molecule has 0 atom stereocenters. The molecule has 0 unspecified atom stereocenters. The average molecular weight is 563 g/mol. The number of hydrogen-bond donors (Lipinski definition) is 0. The van der Waals surface area contributed by atoms with Crippen LogP contribution in [0.2, 0.25) is 0 Å². The minimum atomic E-state index is 1.24. The zero-order valence-corrected chi connectivity index (χ0v) is 24.2. The molecule has 0 N–H and O–H groups in total. The second kappa shape index (κ2) is 9.66. The van der Waals surface area contributed by atoms with Gasteiger partial charge in [0.1, 0.15) is 0 Å². The zero-order chi connectivity index (χ0) is 28.3. The van der Waals surface area contributed by atoms with Gasteiger partial charge in [0.15, 0.2) is 0 Å². The van der Waals surface area contributed by atoms with Gasteiger partial charge in [0, 0.05) is 25.6 Å². The number of thiophene rings is 1. The second-order valence-corrected chi connectivity index (χ2v) is 12.3. The van der Waals surface area contributed by atoms with Crippen LogP contribution in [0.3, 0.4) is 0 Å². The molecular weight excluding hydrogens is 537 g/mol. The van der Waals surface area contributed by atoms with Gasteiger partial charge in [-0.25, -0.2) is 0 Å². The van der Waals surface area contributed by atoms with Crippen molar-refractivity contribution in [3.63, 3.8) is 0 Å². The quantitative estimate of drug-likeness (QED) is 0.188. The Morgan fingerprint density at radius 1 is 0.302 bits per heavy atom. The molecule has 0 saturated heterocycles. The molecule has 0 saturated carbocycles. The van der Waals surface area contributed by atoms with E-state index < -0.39 is 0 Å². The van der Waals surface area contributed by atoms with Crippen molar-refractivity contribution in [1.82, 2.24) is 0 Å². The van der Waals surface area contributed by atoms with Crippen molar-refractivity contribution in [3.8, 4) is 33.4 Å². The maximum atomic E-state index is 2.41. The monoisotopic (exact) mass is 562 g/mol. The molecule has 8 aromatic carbocycles. The first kappa shape index (κ1) is 24.4. The fraction of sp³-hybridized carbons (Fsp3) is 0. The summed E-state index contributed by atoms with van der Waals surface area (Å²) in [4.78, 5) is 0. The minimum absolute atomic E-state index is 1.24. The summed E-state index contributed by atoms with van der Waals surface area (Å²) in [6, 6.07) is 57.8. The molecule has 9 rings (SSSR count). The molecule has 0 nitrogen and oxygen atoms in total. The molecule has 0 fully saturated rings. The lowest BCUT2D eigenvalue weighted by atomic mass is 9.85. The van der Waals surface area contributed by atoms with Crippen molar-refractivity contribution in [1.29, 1.82) is 0 Å². The van der Waals surface area contributed by atoms with Gasteiger partial charge in [-0.2, -0.15) is 0 Å². The van der Waals surface area contributed by atoms with E-state index >= 15 is 0 Å². The van der Waals surface area contributed by atoms with E-state index in [4.69, 9.17) is 0 Å². The van der Waals surface area contributed by atoms with Gasteiger partial charge >= 0.3 is 0 Å². The Balaban J connectivity index is 1.28. The molecule has 9 aromatic rings. The van der Waals surface area contributed by atoms with Crippen LogP contribution >= 0.6 is 11.3 Å². The SMILES string of the molecule is c1ccc(-c2c3ccccc3c(-c3ccc(-c4cc5c6ccccc6sc5c5ccccc45)cc3)c3ccccc23)cc1. The van der Waals surface area contributed by atoms with Gasteiger partial charge in [-0.05, 0) is 72.4 Å². The third kappa shape index (κ3) is 3.75. The minimum Gasteiger partial charge on any atom is -0.135 e. The Bertz CT molecular complexity index is 2420. The lowest BCUT2D eigenvalue weighted by Crippen LogP contribution is -1.91. The third-order valence-electron chi connectivity index (χ3n) is 8.86. The van der Waals surface area contributed by atoms with Crippen LogP contribution in [0, 0.1) is 0 Å². The van der Waals surface area contributed by atoms with E-state index in [9.17, 15) is 0 Å². The summed E-state index contributed by atoms with van der Waals surface area (Å²) in [5.41, 5.74) is 7.61. The van der Waals surface area contributed by atoms with Gasteiger partial charge < -0.3 is 0 Å². The first-order valence-electron chi connectivity index (χ1n) is 14.8. The van der Waals surface area contributed by atoms with Crippen molar-refractivity contribution in [2.45, 2.75) is 0 Å². The summed E-state index contributed by atoms with van der Waals surface area (Å²) in [7, 11) is 0. The Morgan fingerprint density at radius 3 is 1.35 bits per heavy atom. The zero-order valence-electron chi connectivity index (χ0n) is 23.4. The van der Waals surface area contributed by atoms with Gasteiger partial charge in [-0.3, -0.25) is 0 Å². The van der Waals surface area contributed by atoms with Gasteiger partial charge in [-0.1, -0.05) is 146 Å². The van der Waals surface area contributed by atoms with Crippen molar-refractivity contribution < 1.29 is 0 Å². The summed E-state index contributed by atoms with van der Waals surface area (Å²) in [5, 5.41) is 10.4. The van der Waals surface area contributed by atoms with E-state index in [0.29, 0.717) is 0 Å². The normalized spacial score (nSPS) is 11.7. The second-order valence-electron chi connectivity index (χ2n) is 11.2. The van der Waals surface area contributed by atoms with Gasteiger partial charge in [0.05, 0.1) is 0 Å². The molecular formula is C42H26S. The lowest BCUT2D eigenvalue weighted by molar-refractivity contribution is 1.64. The average Bonchev–Trinajstić information content (AvgIpc) is 3.46. The molecule has 0 aliphatic heterocycles. The first-order valence-corrected chi connectivity index (χ1v) is 15.6. The topological polar surface area (TPSA) is 0 Å². The van der Waals surface area contributed by atoms with E-state index in [-0.39, 0.29) is 0 Å². The molecule has 0 radical (unpaired) electrons. The number of fused-ring (bicyclic) bond motifs is 7. The Morgan fingerprint density at radius 2 is 0.744 bits per heavy atom. The highest BCUT2D eigenvalue weighted by molar-refractivity contribution is 7.26. The standard InChI is InChI=1S/C42H26S/c1-2-12-28(13-3-1)40-32-16-5-7-18-34(32)41(35-19-8-6-17-33(35)40)29-24-22-27(23-25-29)37-26-38-31-15-10-11-21-39(31)43-42(38)36-20-9-4-14-30(36)37/h1-26H. The van der Waals surface area contributed by atoms with E-state index in [0.717, 1.165) is 0 Å². The predicted octanol–water partition coefficient (Wildman–Crippen LogP) is 12.5. The smallest absolute Gasteiger partial charge is 0.0434 e. The van der Waals surface area contributed by atoms with E-state index in [1.54, 1.807) is 0 Å². The van der Waals surface area contributed by atoms with Crippen LogP contribution in [0.25, 0.3) is 85.9 Å². The fourth-order valence-corrected chi connectivity index (χ4v) is 8.18. The predicted molar refractivity (Wildman–Crippen MR) is 188 cm³/mol. The number of rotatable bonds is 3. The number of hydrogen-bond acceptors (Lipinski definition) is 1. The molecule has 0 aliphatic carbocycles. The summed E-state index contributed by atoms with van der Waals surface area (Å²) in [6.45, 7) is 0. The summed E-state index contributed by atoms with van der Waals surface area (Å²) in [5.74, 6) is 0. The molecule has 0 spiro atoms. The maximum absolute atomic E-state index is 2.41. The van der Waals surface area contributed by atoms with Gasteiger partial charge in [0.2, 0.25) is 0 Å². The molecule has 0 aliphatic rings. The Hall–Kier alpha value is -5.24. The third-order valence-corrected chi connectivity index (χ3v) is 10.1. The first-order chi connectivity index (χ1) is 21.3. The summed E-state index contributed by atoms with van der Waals surface area (Å²) >= 11 is 1.90. The van der Waals surface area contributed by atoms with Crippen LogP contribution in [0.4, 0.5) is 0 Å². The highest BCUT2D eigenvalue weighted by Gasteiger charge is 2.17.